The summed E-state index contributed by atoms with van der Waals surface area (Å²) in [5, 5.41) is 0. The largest absolute Gasteiger partial charge is 0.497 e. The molecule has 0 atom stereocenters. The third-order valence-electron chi connectivity index (χ3n) is 4.23. The third kappa shape index (κ3) is 3.94. The molecule has 2 aromatic carbocycles. The number of imidazole rings is 1. The number of ether oxygens (including phenoxy) is 1. The normalized spacial score (nSPS) is 10.8. The van der Waals surface area contributed by atoms with Crippen LogP contribution in [0.3, 0.4) is 0 Å². The number of carbonyl (C=O) groups excluding carboxylic acids is 1. The molecule has 0 spiro atoms. The Labute approximate surface area is 153 Å². The zero-order chi connectivity index (χ0) is 18.5. The number of nitrogens with zero attached hydrogens (tertiary/aromatic N) is 3. The van der Waals surface area contributed by atoms with Crippen LogP contribution in [0.2, 0.25) is 0 Å². The number of methoxy groups -OCH3 is 1. The molecule has 3 rings (SSSR count). The van der Waals surface area contributed by atoms with Crippen LogP contribution in [0.4, 0.5) is 4.79 Å². The van der Waals surface area contributed by atoms with E-state index in [4.69, 9.17) is 4.74 Å². The van der Waals surface area contributed by atoms with E-state index in [0.29, 0.717) is 6.54 Å². The molecule has 0 saturated heterocycles. The maximum absolute atomic E-state index is 13.0. The Morgan fingerprint density at radius 2 is 1.92 bits per heavy atom. The molecule has 0 unspecified atom stereocenters. The van der Waals surface area contributed by atoms with Crippen molar-refractivity contribution in [1.82, 2.24) is 14.5 Å². The molecule has 5 heteroatoms. The van der Waals surface area contributed by atoms with E-state index < -0.39 is 0 Å². The lowest BCUT2D eigenvalue weighted by atomic mass is 10.1. The van der Waals surface area contributed by atoms with E-state index in [9.17, 15) is 4.79 Å². The predicted octanol–water partition coefficient (Wildman–Crippen LogP) is 4.44. The highest BCUT2D eigenvalue weighted by Crippen LogP contribution is 2.22. The van der Waals surface area contributed by atoms with Gasteiger partial charge in [0.2, 0.25) is 0 Å². The van der Waals surface area contributed by atoms with Gasteiger partial charge >= 0.3 is 6.03 Å². The van der Waals surface area contributed by atoms with E-state index in [1.807, 2.05) is 73.3 Å². The van der Waals surface area contributed by atoms with Crippen LogP contribution in [0.1, 0.15) is 19.4 Å². The Morgan fingerprint density at radius 3 is 2.62 bits per heavy atom. The molecule has 1 amide bonds. The van der Waals surface area contributed by atoms with Crippen molar-refractivity contribution in [3.8, 4) is 17.0 Å². The lowest BCUT2D eigenvalue weighted by molar-refractivity contribution is 0.181. The first-order chi connectivity index (χ1) is 12.6. The summed E-state index contributed by atoms with van der Waals surface area (Å²) in [5.74, 6) is 0.760. The van der Waals surface area contributed by atoms with Crippen molar-refractivity contribution in [3.63, 3.8) is 0 Å². The van der Waals surface area contributed by atoms with E-state index in [0.717, 1.165) is 22.6 Å². The first kappa shape index (κ1) is 17.7. The fourth-order valence-corrected chi connectivity index (χ4v) is 2.76. The van der Waals surface area contributed by atoms with Gasteiger partial charge in [0.15, 0.2) is 0 Å². The van der Waals surface area contributed by atoms with Gasteiger partial charge in [0.1, 0.15) is 12.1 Å². The summed E-state index contributed by atoms with van der Waals surface area (Å²) in [6, 6.07) is 17.6. The molecule has 0 fully saturated rings. The van der Waals surface area contributed by atoms with Gasteiger partial charge in [-0.2, -0.15) is 0 Å². The highest BCUT2D eigenvalue weighted by atomic mass is 16.5. The van der Waals surface area contributed by atoms with Crippen molar-refractivity contribution in [1.29, 1.82) is 0 Å². The fraction of sp³-hybridized carbons (Fsp3) is 0.238. The average molecular weight is 349 g/mol. The molecule has 26 heavy (non-hydrogen) atoms. The maximum atomic E-state index is 13.0. The average Bonchev–Trinajstić information content (AvgIpc) is 3.16. The number of carbonyl (C=O) groups is 1. The quantitative estimate of drug-likeness (QED) is 0.684. The van der Waals surface area contributed by atoms with Crippen molar-refractivity contribution in [3.05, 3.63) is 72.7 Å². The van der Waals surface area contributed by atoms with Crippen LogP contribution in [-0.2, 0) is 6.54 Å². The number of rotatable bonds is 5. The number of amides is 1. The summed E-state index contributed by atoms with van der Waals surface area (Å²) in [4.78, 5) is 19.2. The molecule has 3 aromatic rings. The molecule has 0 bridgehead atoms. The van der Waals surface area contributed by atoms with Crippen LogP contribution in [0.15, 0.2) is 67.1 Å². The molecule has 1 aromatic heterocycles. The van der Waals surface area contributed by atoms with Gasteiger partial charge in [-0.25, -0.2) is 9.78 Å². The Balaban J connectivity index is 1.83. The SMILES string of the molecule is COc1cccc(-c2cn(C(=O)N(Cc3ccccc3)C(C)C)cn2)c1. The van der Waals surface area contributed by atoms with E-state index in [1.165, 1.54) is 4.57 Å². The summed E-state index contributed by atoms with van der Waals surface area (Å²) < 4.78 is 6.80. The Kier molecular flexibility index (Phi) is 5.37. The maximum Gasteiger partial charge on any atom is 0.329 e. The molecule has 1 heterocycles. The summed E-state index contributed by atoms with van der Waals surface area (Å²) in [6.07, 6.45) is 3.33. The van der Waals surface area contributed by atoms with Gasteiger partial charge in [-0.3, -0.25) is 4.57 Å². The minimum absolute atomic E-state index is 0.0744. The second kappa shape index (κ2) is 7.87. The molecule has 0 N–H and O–H groups in total. The predicted molar refractivity (Wildman–Crippen MR) is 102 cm³/mol. The van der Waals surface area contributed by atoms with E-state index >= 15 is 0 Å². The lowest BCUT2D eigenvalue weighted by Crippen LogP contribution is -2.38. The van der Waals surface area contributed by atoms with Gasteiger partial charge in [-0.15, -0.1) is 0 Å². The van der Waals surface area contributed by atoms with Gasteiger partial charge in [-0.05, 0) is 31.5 Å². The third-order valence-corrected chi connectivity index (χ3v) is 4.23. The summed E-state index contributed by atoms with van der Waals surface area (Å²) >= 11 is 0. The van der Waals surface area contributed by atoms with Gasteiger partial charge in [-0.1, -0.05) is 42.5 Å². The fourth-order valence-electron chi connectivity index (χ4n) is 2.76. The Bertz CT molecular complexity index is 872. The van der Waals surface area contributed by atoms with E-state index in [2.05, 4.69) is 4.98 Å². The monoisotopic (exact) mass is 349 g/mol. The van der Waals surface area contributed by atoms with Gasteiger partial charge < -0.3 is 9.64 Å². The van der Waals surface area contributed by atoms with Gasteiger partial charge in [0, 0.05) is 24.3 Å². The zero-order valence-corrected chi connectivity index (χ0v) is 15.3. The molecule has 0 aliphatic rings. The lowest BCUT2D eigenvalue weighted by Gasteiger charge is -2.26. The van der Waals surface area contributed by atoms with Crippen LogP contribution >= 0.6 is 0 Å². The van der Waals surface area contributed by atoms with Gasteiger partial charge in [0.05, 0.1) is 12.8 Å². The summed E-state index contributed by atoms with van der Waals surface area (Å²) in [7, 11) is 1.63. The number of hydrogen-bond donors (Lipinski definition) is 0. The highest BCUT2D eigenvalue weighted by molar-refractivity contribution is 5.78. The number of benzene rings is 2. The molecule has 0 aliphatic heterocycles. The standard InChI is InChI=1S/C21H23N3O2/c1-16(2)24(13-17-8-5-4-6-9-17)21(25)23-14-20(22-15-23)18-10-7-11-19(12-18)26-3/h4-12,14-16H,13H2,1-3H3. The summed E-state index contributed by atoms with van der Waals surface area (Å²) in [5.41, 5.74) is 2.75. The van der Waals surface area contributed by atoms with E-state index in [-0.39, 0.29) is 12.1 Å². The van der Waals surface area contributed by atoms with Crippen molar-refractivity contribution in [2.45, 2.75) is 26.4 Å². The molecule has 5 nitrogen and oxygen atoms in total. The molecule has 0 saturated carbocycles. The molecular weight excluding hydrogens is 326 g/mol. The minimum Gasteiger partial charge on any atom is -0.497 e. The number of aromatic nitrogens is 2. The second-order valence-electron chi connectivity index (χ2n) is 6.39. The van der Waals surface area contributed by atoms with Crippen LogP contribution in [0, 0.1) is 0 Å². The number of hydrogen-bond acceptors (Lipinski definition) is 3. The van der Waals surface area contributed by atoms with E-state index in [1.54, 1.807) is 19.6 Å². The first-order valence-corrected chi connectivity index (χ1v) is 8.62. The summed E-state index contributed by atoms with van der Waals surface area (Å²) in [6.45, 7) is 4.59. The molecule has 0 aliphatic carbocycles. The highest BCUT2D eigenvalue weighted by Gasteiger charge is 2.19. The zero-order valence-electron chi connectivity index (χ0n) is 15.3. The Hall–Kier alpha value is -3.08. The van der Waals surface area contributed by atoms with Crippen LogP contribution in [-0.4, -0.2) is 33.6 Å². The van der Waals surface area contributed by atoms with Crippen LogP contribution in [0.25, 0.3) is 11.3 Å². The van der Waals surface area contributed by atoms with Crippen molar-refractivity contribution in [2.24, 2.45) is 0 Å². The molecular formula is C21H23N3O2. The van der Waals surface area contributed by atoms with Crippen molar-refractivity contribution in [2.75, 3.05) is 7.11 Å². The second-order valence-corrected chi connectivity index (χ2v) is 6.39. The van der Waals surface area contributed by atoms with Crippen molar-refractivity contribution < 1.29 is 9.53 Å². The molecule has 134 valence electrons. The van der Waals surface area contributed by atoms with Crippen molar-refractivity contribution >= 4 is 6.03 Å². The topological polar surface area (TPSA) is 47.4 Å². The van der Waals surface area contributed by atoms with Gasteiger partial charge in [0.25, 0.3) is 0 Å². The first-order valence-electron chi connectivity index (χ1n) is 8.62. The smallest absolute Gasteiger partial charge is 0.329 e. The van der Waals surface area contributed by atoms with Crippen LogP contribution in [0.5, 0.6) is 5.75 Å². The van der Waals surface area contributed by atoms with Crippen LogP contribution < -0.4 is 4.74 Å². The Morgan fingerprint density at radius 1 is 1.15 bits per heavy atom. The minimum atomic E-state index is -0.0921. The molecule has 0 radical (unpaired) electrons.